The van der Waals surface area contributed by atoms with Crippen molar-refractivity contribution in [2.75, 3.05) is 25.0 Å². The molecule has 3 rings (SSSR count). The van der Waals surface area contributed by atoms with Crippen molar-refractivity contribution in [3.63, 3.8) is 0 Å². The Morgan fingerprint density at radius 1 is 1.24 bits per heavy atom. The maximum absolute atomic E-state index is 13.0. The molecule has 0 radical (unpaired) electrons. The van der Waals surface area contributed by atoms with Gasteiger partial charge in [0.25, 0.3) is 11.8 Å². The van der Waals surface area contributed by atoms with Crippen LogP contribution in [0, 0.1) is 11.3 Å². The van der Waals surface area contributed by atoms with E-state index in [4.69, 9.17) is 16.9 Å². The molecule has 1 saturated heterocycles. The van der Waals surface area contributed by atoms with Crippen molar-refractivity contribution in [1.29, 1.82) is 5.26 Å². The van der Waals surface area contributed by atoms with Gasteiger partial charge < -0.3 is 20.9 Å². The minimum atomic E-state index is -0.612. The molecule has 2 aromatic heterocycles. The summed E-state index contributed by atoms with van der Waals surface area (Å²) in [6.07, 6.45) is 3.00. The molecule has 0 spiro atoms. The second-order valence-electron chi connectivity index (χ2n) is 8.20. The van der Waals surface area contributed by atoms with Gasteiger partial charge in [0.2, 0.25) is 5.91 Å². The maximum Gasteiger partial charge on any atom is 0.272 e. The van der Waals surface area contributed by atoms with Gasteiger partial charge in [-0.1, -0.05) is 11.6 Å². The molecule has 0 aliphatic carbocycles. The first-order valence-electron chi connectivity index (χ1n) is 11.0. The fourth-order valence-corrected chi connectivity index (χ4v) is 3.74. The molecular weight excluding hydrogens is 460 g/mol. The summed E-state index contributed by atoms with van der Waals surface area (Å²) in [4.78, 5) is 44.3. The zero-order chi connectivity index (χ0) is 24.7. The second kappa shape index (κ2) is 11.6. The highest BCUT2D eigenvalue weighted by Crippen LogP contribution is 2.15. The van der Waals surface area contributed by atoms with Gasteiger partial charge in [0.05, 0.1) is 11.1 Å². The van der Waals surface area contributed by atoms with Crippen LogP contribution >= 0.6 is 11.6 Å². The Hall–Kier alpha value is -3.49. The van der Waals surface area contributed by atoms with Gasteiger partial charge in [-0.15, -0.1) is 0 Å². The zero-order valence-electron chi connectivity index (χ0n) is 19.0. The number of carbonyl (C=O) groups is 3. The van der Waals surface area contributed by atoms with Gasteiger partial charge in [-0.2, -0.15) is 10.4 Å². The number of anilines is 1. The summed E-state index contributed by atoms with van der Waals surface area (Å²) in [5.74, 6) is -1.23. The Morgan fingerprint density at radius 2 is 1.97 bits per heavy atom. The number of nitrogens with zero attached hydrogens (tertiary/aromatic N) is 5. The van der Waals surface area contributed by atoms with E-state index in [2.05, 4.69) is 44.8 Å². The normalized spacial score (nSPS) is 14.4. The first kappa shape index (κ1) is 25.1. The Labute approximate surface area is 202 Å². The first-order chi connectivity index (χ1) is 16.3. The highest BCUT2D eigenvalue weighted by atomic mass is 35.5. The number of hydrogen-bond donors (Lipinski definition) is 3. The molecule has 1 aliphatic rings. The van der Waals surface area contributed by atoms with Gasteiger partial charge in [0.15, 0.2) is 5.69 Å². The molecule has 11 nitrogen and oxygen atoms in total. The van der Waals surface area contributed by atoms with E-state index in [1.807, 2.05) is 6.07 Å². The molecule has 1 aliphatic heterocycles. The molecule has 34 heavy (non-hydrogen) atoms. The fraction of sp³-hybridized carbons (Fsp3) is 0.455. The molecule has 3 N–H and O–H groups in total. The molecule has 180 valence electrons. The van der Waals surface area contributed by atoms with Crippen molar-refractivity contribution in [3.8, 4) is 6.07 Å². The van der Waals surface area contributed by atoms with Crippen LogP contribution in [-0.4, -0.2) is 69.1 Å². The smallest absolute Gasteiger partial charge is 0.272 e. The average molecular weight is 487 g/mol. The third kappa shape index (κ3) is 6.76. The van der Waals surface area contributed by atoms with Gasteiger partial charge in [0, 0.05) is 37.4 Å². The van der Waals surface area contributed by atoms with E-state index in [-0.39, 0.29) is 36.3 Å². The van der Waals surface area contributed by atoms with E-state index in [0.29, 0.717) is 11.1 Å². The van der Waals surface area contributed by atoms with Gasteiger partial charge in [-0.25, -0.2) is 9.67 Å². The van der Waals surface area contributed by atoms with Gasteiger partial charge in [0.1, 0.15) is 24.6 Å². The number of amides is 3. The minimum Gasteiger partial charge on any atom is -0.348 e. The predicted molar refractivity (Wildman–Crippen MR) is 125 cm³/mol. The van der Waals surface area contributed by atoms with Crippen LogP contribution in [0.4, 0.5) is 5.82 Å². The number of rotatable bonds is 8. The summed E-state index contributed by atoms with van der Waals surface area (Å²) >= 11 is 5.81. The lowest BCUT2D eigenvalue weighted by Crippen LogP contribution is -2.47. The van der Waals surface area contributed by atoms with Crippen LogP contribution in [-0.2, 0) is 11.3 Å². The molecule has 12 heteroatoms. The number of piperidine rings is 1. The summed E-state index contributed by atoms with van der Waals surface area (Å²) in [6.45, 7) is 5.51. The van der Waals surface area contributed by atoms with Crippen LogP contribution in [0.1, 0.15) is 47.7 Å². The topological polar surface area (TPSA) is 145 Å². The number of hydrogen-bond acceptors (Lipinski definition) is 7. The van der Waals surface area contributed by atoms with E-state index in [1.54, 1.807) is 12.1 Å². The highest BCUT2D eigenvalue weighted by Gasteiger charge is 2.26. The van der Waals surface area contributed by atoms with Crippen LogP contribution in [0.2, 0.25) is 5.02 Å². The average Bonchev–Trinajstić information content (AvgIpc) is 3.23. The lowest BCUT2D eigenvalue weighted by atomic mass is 10.0. The number of nitriles is 1. The molecule has 0 saturated carbocycles. The van der Waals surface area contributed by atoms with E-state index in [1.165, 1.54) is 16.9 Å². The Kier molecular flexibility index (Phi) is 8.56. The summed E-state index contributed by atoms with van der Waals surface area (Å²) in [7, 11) is 0. The minimum absolute atomic E-state index is 0.0196. The number of nitrogens with one attached hydrogen (secondary N) is 3. The van der Waals surface area contributed by atoms with Crippen molar-refractivity contribution in [1.82, 2.24) is 30.3 Å². The summed E-state index contributed by atoms with van der Waals surface area (Å²) in [5.41, 5.74) is 0.0139. The third-order valence-electron chi connectivity index (χ3n) is 5.46. The highest BCUT2D eigenvalue weighted by molar-refractivity contribution is 6.30. The van der Waals surface area contributed by atoms with Gasteiger partial charge in [-0.3, -0.25) is 14.4 Å². The standard InChI is InChI=1S/C22H27ClN8O3/c1-14(2)30-9-5-16(6-10-30)27-22(34)18-11-17(21(33)25-8-7-24)29-31(18)13-20(32)28-19-4-3-15(23)12-26-19/h3-4,11-12,14,16H,5-6,8-10,13H2,1-2H3,(H,25,33)(H,27,34)(H,26,28,32). The van der Waals surface area contributed by atoms with Crippen molar-refractivity contribution in [2.45, 2.75) is 45.3 Å². The third-order valence-corrected chi connectivity index (χ3v) is 5.68. The molecule has 2 aromatic rings. The van der Waals surface area contributed by atoms with Crippen LogP contribution in [0.15, 0.2) is 24.4 Å². The van der Waals surface area contributed by atoms with Crippen LogP contribution < -0.4 is 16.0 Å². The van der Waals surface area contributed by atoms with Gasteiger partial charge >= 0.3 is 0 Å². The molecule has 0 atom stereocenters. The largest absolute Gasteiger partial charge is 0.348 e. The molecule has 3 amide bonds. The number of pyridine rings is 1. The number of likely N-dealkylation sites (tertiary alicyclic amines) is 1. The second-order valence-corrected chi connectivity index (χ2v) is 8.64. The predicted octanol–water partition coefficient (Wildman–Crippen LogP) is 1.43. The van der Waals surface area contributed by atoms with E-state index >= 15 is 0 Å². The lowest BCUT2D eigenvalue weighted by Gasteiger charge is -2.34. The van der Waals surface area contributed by atoms with Crippen LogP contribution in [0.5, 0.6) is 0 Å². The fourth-order valence-electron chi connectivity index (χ4n) is 3.63. The van der Waals surface area contributed by atoms with E-state index < -0.39 is 17.7 Å². The van der Waals surface area contributed by atoms with Crippen molar-refractivity contribution in [3.05, 3.63) is 40.8 Å². The first-order valence-corrected chi connectivity index (χ1v) is 11.3. The molecule has 0 aromatic carbocycles. The molecular formula is C22H27ClN8O3. The summed E-state index contributed by atoms with van der Waals surface area (Å²) < 4.78 is 1.17. The van der Waals surface area contributed by atoms with Crippen LogP contribution in [0.3, 0.4) is 0 Å². The number of aromatic nitrogens is 3. The lowest BCUT2D eigenvalue weighted by molar-refractivity contribution is -0.116. The van der Waals surface area contributed by atoms with E-state index in [0.717, 1.165) is 25.9 Å². The number of carbonyl (C=O) groups excluding carboxylic acids is 3. The quantitative estimate of drug-likeness (QED) is 0.478. The molecule has 0 unspecified atom stereocenters. The van der Waals surface area contributed by atoms with Crippen LogP contribution in [0.25, 0.3) is 0 Å². The van der Waals surface area contributed by atoms with Crippen molar-refractivity contribution >= 4 is 35.1 Å². The maximum atomic E-state index is 13.0. The summed E-state index contributed by atoms with van der Waals surface area (Å²) in [6, 6.07) is 6.68. The molecule has 1 fully saturated rings. The van der Waals surface area contributed by atoms with Gasteiger partial charge in [-0.05, 0) is 38.8 Å². The Morgan fingerprint density at radius 3 is 2.59 bits per heavy atom. The molecule has 0 bridgehead atoms. The SMILES string of the molecule is CC(C)N1CCC(NC(=O)c2cc(C(=O)NCC#N)nn2CC(=O)Nc2ccc(Cl)cn2)CC1. The number of halogens is 1. The summed E-state index contributed by atoms with van der Waals surface area (Å²) in [5, 5.41) is 21.2. The monoisotopic (exact) mass is 486 g/mol. The van der Waals surface area contributed by atoms with E-state index in [9.17, 15) is 14.4 Å². The van der Waals surface area contributed by atoms with Crippen molar-refractivity contribution in [2.24, 2.45) is 0 Å². The Balaban J connectivity index is 1.73. The molecule has 3 heterocycles. The Bertz CT molecular complexity index is 1070. The van der Waals surface area contributed by atoms with Crippen molar-refractivity contribution < 1.29 is 14.4 Å². The zero-order valence-corrected chi connectivity index (χ0v) is 19.8.